The standard InChI is InChI=1S/C11H21ClN4/c1-8-10(11(12)16(5)14-8)6-9(13-2)7-15(3)4/h9,13H,6-7H2,1-5H3. The van der Waals surface area contributed by atoms with Gasteiger partial charge in [-0.15, -0.1) is 0 Å². The molecular weight excluding hydrogens is 224 g/mol. The summed E-state index contributed by atoms with van der Waals surface area (Å²) in [7, 11) is 8.00. The van der Waals surface area contributed by atoms with Gasteiger partial charge in [0, 0.05) is 25.2 Å². The highest BCUT2D eigenvalue weighted by Crippen LogP contribution is 2.20. The molecule has 1 heterocycles. The molecule has 0 saturated heterocycles. The quantitative estimate of drug-likeness (QED) is 0.842. The summed E-state index contributed by atoms with van der Waals surface area (Å²) in [6.45, 7) is 2.99. The van der Waals surface area contributed by atoms with Crippen molar-refractivity contribution in [3.63, 3.8) is 0 Å². The first-order chi connectivity index (χ1) is 7.45. The third-order valence-corrected chi connectivity index (χ3v) is 3.19. The molecule has 0 aliphatic carbocycles. The van der Waals surface area contributed by atoms with Crippen LogP contribution in [0.3, 0.4) is 0 Å². The Hall–Kier alpha value is -0.580. The number of nitrogens with one attached hydrogen (secondary N) is 1. The molecule has 0 aliphatic heterocycles. The van der Waals surface area contributed by atoms with Gasteiger partial charge in [0.25, 0.3) is 0 Å². The highest BCUT2D eigenvalue weighted by molar-refractivity contribution is 6.30. The van der Waals surface area contributed by atoms with E-state index in [0.717, 1.165) is 29.4 Å². The van der Waals surface area contributed by atoms with Crippen molar-refractivity contribution in [2.24, 2.45) is 7.05 Å². The third-order valence-electron chi connectivity index (χ3n) is 2.71. The Morgan fingerprint density at radius 1 is 1.50 bits per heavy atom. The molecule has 1 atom stereocenters. The van der Waals surface area contributed by atoms with E-state index in [4.69, 9.17) is 11.6 Å². The summed E-state index contributed by atoms with van der Waals surface area (Å²) < 4.78 is 1.73. The van der Waals surface area contributed by atoms with Gasteiger partial charge in [-0.25, -0.2) is 0 Å². The zero-order valence-electron chi connectivity index (χ0n) is 10.7. The lowest BCUT2D eigenvalue weighted by molar-refractivity contribution is 0.346. The van der Waals surface area contributed by atoms with E-state index < -0.39 is 0 Å². The van der Waals surface area contributed by atoms with Crippen LogP contribution >= 0.6 is 11.6 Å². The lowest BCUT2D eigenvalue weighted by Crippen LogP contribution is -2.37. The molecule has 0 spiro atoms. The van der Waals surface area contributed by atoms with Gasteiger partial charge >= 0.3 is 0 Å². The highest BCUT2D eigenvalue weighted by Gasteiger charge is 2.16. The van der Waals surface area contributed by atoms with Crippen LogP contribution in [-0.4, -0.2) is 48.4 Å². The van der Waals surface area contributed by atoms with Gasteiger partial charge < -0.3 is 10.2 Å². The number of nitrogens with zero attached hydrogens (tertiary/aromatic N) is 3. The molecule has 1 aromatic rings. The lowest BCUT2D eigenvalue weighted by atomic mass is 10.1. The van der Waals surface area contributed by atoms with E-state index in [1.165, 1.54) is 0 Å². The SMILES string of the molecule is CNC(Cc1c(C)nn(C)c1Cl)CN(C)C. The Bertz CT molecular complexity index is 346. The Labute approximate surface area is 103 Å². The van der Waals surface area contributed by atoms with Crippen LogP contribution in [0.25, 0.3) is 0 Å². The minimum Gasteiger partial charge on any atom is -0.315 e. The molecule has 0 saturated carbocycles. The second-order valence-corrected chi connectivity index (χ2v) is 4.79. The number of hydrogen-bond acceptors (Lipinski definition) is 3. The molecule has 1 unspecified atom stereocenters. The molecule has 16 heavy (non-hydrogen) atoms. The second kappa shape index (κ2) is 5.66. The average molecular weight is 245 g/mol. The van der Waals surface area contributed by atoms with Crippen molar-refractivity contribution in [1.29, 1.82) is 0 Å². The minimum atomic E-state index is 0.399. The molecule has 0 aliphatic rings. The predicted molar refractivity (Wildman–Crippen MR) is 68.1 cm³/mol. The van der Waals surface area contributed by atoms with Gasteiger partial charge in [0.2, 0.25) is 0 Å². The monoisotopic (exact) mass is 244 g/mol. The first-order valence-electron chi connectivity index (χ1n) is 5.45. The van der Waals surface area contributed by atoms with Gasteiger partial charge in [-0.3, -0.25) is 4.68 Å². The Balaban J connectivity index is 2.77. The van der Waals surface area contributed by atoms with Gasteiger partial charge in [0.15, 0.2) is 0 Å². The van der Waals surface area contributed by atoms with Crippen molar-refractivity contribution in [3.8, 4) is 0 Å². The smallest absolute Gasteiger partial charge is 0.130 e. The maximum Gasteiger partial charge on any atom is 0.130 e. The summed E-state index contributed by atoms with van der Waals surface area (Å²) in [5, 5.41) is 8.38. The van der Waals surface area contributed by atoms with E-state index in [-0.39, 0.29) is 0 Å². The Morgan fingerprint density at radius 2 is 2.12 bits per heavy atom. The zero-order valence-corrected chi connectivity index (χ0v) is 11.5. The summed E-state index contributed by atoms with van der Waals surface area (Å²) in [5.41, 5.74) is 2.16. The van der Waals surface area contributed by atoms with Crippen LogP contribution in [0.5, 0.6) is 0 Å². The number of halogens is 1. The number of aryl methyl sites for hydroxylation is 2. The van der Waals surface area contributed by atoms with Crippen LogP contribution in [0.2, 0.25) is 5.15 Å². The molecular formula is C11H21ClN4. The molecule has 4 nitrogen and oxygen atoms in total. The molecule has 1 N–H and O–H groups in total. The topological polar surface area (TPSA) is 33.1 Å². The van der Waals surface area contributed by atoms with Crippen LogP contribution < -0.4 is 5.32 Å². The highest BCUT2D eigenvalue weighted by atomic mass is 35.5. The summed E-state index contributed by atoms with van der Waals surface area (Å²) in [6.07, 6.45) is 0.910. The van der Waals surface area contributed by atoms with Crippen molar-refractivity contribution in [2.45, 2.75) is 19.4 Å². The van der Waals surface area contributed by atoms with Crippen molar-refractivity contribution >= 4 is 11.6 Å². The van der Waals surface area contributed by atoms with Gasteiger partial charge in [-0.2, -0.15) is 5.10 Å². The van der Waals surface area contributed by atoms with Gasteiger partial charge in [0.1, 0.15) is 5.15 Å². The van der Waals surface area contributed by atoms with Crippen LogP contribution in [-0.2, 0) is 13.5 Å². The third kappa shape index (κ3) is 3.20. The second-order valence-electron chi connectivity index (χ2n) is 4.43. The van der Waals surface area contributed by atoms with Crippen molar-refractivity contribution in [1.82, 2.24) is 20.0 Å². The molecule has 0 radical (unpaired) electrons. The number of likely N-dealkylation sites (N-methyl/N-ethyl adjacent to an activating group) is 2. The summed E-state index contributed by atoms with van der Waals surface area (Å²) in [6, 6.07) is 0.399. The van der Waals surface area contributed by atoms with Crippen molar-refractivity contribution < 1.29 is 0 Å². The van der Waals surface area contributed by atoms with E-state index in [0.29, 0.717) is 6.04 Å². The maximum atomic E-state index is 6.21. The fourth-order valence-electron chi connectivity index (χ4n) is 1.85. The predicted octanol–water partition coefficient (Wildman–Crippen LogP) is 1.07. The van der Waals surface area contributed by atoms with E-state index in [9.17, 15) is 0 Å². The van der Waals surface area contributed by atoms with E-state index >= 15 is 0 Å². The van der Waals surface area contributed by atoms with Crippen molar-refractivity contribution in [2.75, 3.05) is 27.7 Å². The number of rotatable bonds is 5. The molecule has 0 aromatic carbocycles. The van der Waals surface area contributed by atoms with Gasteiger partial charge in [-0.05, 0) is 34.5 Å². The number of aromatic nitrogens is 2. The molecule has 0 amide bonds. The Kier molecular flexibility index (Phi) is 4.77. The lowest BCUT2D eigenvalue weighted by Gasteiger charge is -2.20. The fraction of sp³-hybridized carbons (Fsp3) is 0.727. The van der Waals surface area contributed by atoms with E-state index in [2.05, 4.69) is 29.4 Å². The minimum absolute atomic E-state index is 0.399. The normalized spacial score (nSPS) is 13.4. The van der Waals surface area contributed by atoms with E-state index in [1.54, 1.807) is 4.68 Å². The summed E-state index contributed by atoms with van der Waals surface area (Å²) in [5.74, 6) is 0. The molecule has 92 valence electrons. The van der Waals surface area contributed by atoms with Gasteiger partial charge in [-0.1, -0.05) is 11.6 Å². The zero-order chi connectivity index (χ0) is 12.3. The molecule has 1 rings (SSSR count). The van der Waals surface area contributed by atoms with E-state index in [1.807, 2.05) is 21.0 Å². The van der Waals surface area contributed by atoms with Crippen molar-refractivity contribution in [3.05, 3.63) is 16.4 Å². The molecule has 5 heteroatoms. The van der Waals surface area contributed by atoms with Crippen LogP contribution in [0.1, 0.15) is 11.3 Å². The largest absolute Gasteiger partial charge is 0.315 e. The molecule has 1 aromatic heterocycles. The summed E-state index contributed by atoms with van der Waals surface area (Å²) in [4.78, 5) is 2.17. The summed E-state index contributed by atoms with van der Waals surface area (Å²) >= 11 is 6.21. The first kappa shape index (κ1) is 13.5. The maximum absolute atomic E-state index is 6.21. The van der Waals surface area contributed by atoms with Crippen LogP contribution in [0.15, 0.2) is 0 Å². The van der Waals surface area contributed by atoms with Gasteiger partial charge in [0.05, 0.1) is 5.69 Å². The fourth-order valence-corrected chi connectivity index (χ4v) is 2.10. The average Bonchev–Trinajstić information content (AvgIpc) is 2.43. The van der Waals surface area contributed by atoms with Crippen LogP contribution in [0.4, 0.5) is 0 Å². The van der Waals surface area contributed by atoms with Crippen LogP contribution in [0, 0.1) is 6.92 Å². The number of hydrogen-bond donors (Lipinski definition) is 1. The molecule has 0 fully saturated rings. The first-order valence-corrected chi connectivity index (χ1v) is 5.83. The Morgan fingerprint density at radius 3 is 2.50 bits per heavy atom. The molecule has 0 bridgehead atoms.